The number of aliphatic hydroxyl groups is 1. The van der Waals surface area contributed by atoms with Crippen LogP contribution in [-0.2, 0) is 15.1 Å². The normalized spacial score (nSPS) is 17.6. The van der Waals surface area contributed by atoms with E-state index in [0.717, 1.165) is 16.7 Å². The van der Waals surface area contributed by atoms with Crippen LogP contribution in [0.5, 0.6) is 11.5 Å². The summed E-state index contributed by atoms with van der Waals surface area (Å²) in [6.45, 7) is -0.0195. The van der Waals surface area contributed by atoms with Crippen molar-refractivity contribution in [3.63, 3.8) is 0 Å². The van der Waals surface area contributed by atoms with E-state index < -0.39 is 29.7 Å². The second kappa shape index (κ2) is 14.0. The zero-order chi connectivity index (χ0) is 32.8. The number of aromatic nitrogens is 2. The van der Waals surface area contributed by atoms with Crippen molar-refractivity contribution in [2.75, 3.05) is 26.1 Å². The van der Waals surface area contributed by atoms with Gasteiger partial charge in [0.2, 0.25) is 0 Å². The van der Waals surface area contributed by atoms with Gasteiger partial charge in [-0.25, -0.2) is 4.79 Å². The molecule has 1 aliphatic heterocycles. The van der Waals surface area contributed by atoms with Crippen LogP contribution in [0.25, 0.3) is 0 Å². The maximum absolute atomic E-state index is 13.0. The number of nitrogens with zero attached hydrogens (tertiary/aromatic N) is 2. The van der Waals surface area contributed by atoms with Crippen LogP contribution in [0.1, 0.15) is 39.7 Å². The summed E-state index contributed by atoms with van der Waals surface area (Å²) in [6, 6.07) is 35.3. The van der Waals surface area contributed by atoms with Crippen LogP contribution in [0, 0.1) is 0 Å². The molecule has 0 aliphatic carbocycles. The predicted octanol–water partition coefficient (Wildman–Crippen LogP) is 5.17. The number of carbonyl (C=O) groups excluding carboxylic acids is 1. The first-order valence-corrected chi connectivity index (χ1v) is 15.2. The predicted molar refractivity (Wildman–Crippen MR) is 176 cm³/mol. The van der Waals surface area contributed by atoms with Gasteiger partial charge in [0, 0.05) is 18.2 Å². The van der Waals surface area contributed by atoms with Gasteiger partial charge in [-0.05, 0) is 59.2 Å². The van der Waals surface area contributed by atoms with E-state index in [9.17, 15) is 14.7 Å². The first-order chi connectivity index (χ1) is 22.9. The smallest absolute Gasteiger partial charge is 0.351 e. The second-order valence-corrected chi connectivity index (χ2v) is 11.1. The molecule has 1 saturated heterocycles. The zero-order valence-corrected chi connectivity index (χ0v) is 26.0. The van der Waals surface area contributed by atoms with Gasteiger partial charge < -0.3 is 29.4 Å². The third kappa shape index (κ3) is 6.66. The highest BCUT2D eigenvalue weighted by Gasteiger charge is 2.42. The number of rotatable bonds is 11. The third-order valence-corrected chi connectivity index (χ3v) is 8.22. The molecule has 6 rings (SSSR count). The minimum atomic E-state index is -1.15. The van der Waals surface area contributed by atoms with Gasteiger partial charge in [-0.3, -0.25) is 9.36 Å². The van der Waals surface area contributed by atoms with Crippen LogP contribution >= 0.6 is 0 Å². The Kier molecular flexibility index (Phi) is 9.44. The number of ether oxygens (including phenoxy) is 4. The number of amides is 1. The lowest BCUT2D eigenvalue weighted by Gasteiger charge is -2.37. The Balaban J connectivity index is 1.28. The van der Waals surface area contributed by atoms with Crippen LogP contribution in [0.4, 0.5) is 5.82 Å². The number of benzene rings is 4. The van der Waals surface area contributed by atoms with Crippen molar-refractivity contribution in [3.8, 4) is 11.5 Å². The maximum atomic E-state index is 13.0. The highest BCUT2D eigenvalue weighted by Crippen LogP contribution is 2.43. The van der Waals surface area contributed by atoms with Crippen molar-refractivity contribution < 1.29 is 28.8 Å². The maximum Gasteiger partial charge on any atom is 0.351 e. The summed E-state index contributed by atoms with van der Waals surface area (Å²) < 4.78 is 25.6. The first-order valence-electron chi connectivity index (χ1n) is 15.2. The fraction of sp³-hybridized carbons (Fsp3) is 0.216. The number of anilines is 1. The van der Waals surface area contributed by atoms with Gasteiger partial charge >= 0.3 is 5.69 Å². The molecule has 10 nitrogen and oxygen atoms in total. The molecule has 1 fully saturated rings. The van der Waals surface area contributed by atoms with Crippen molar-refractivity contribution in [2.24, 2.45) is 0 Å². The molecule has 10 heteroatoms. The van der Waals surface area contributed by atoms with Crippen LogP contribution in [0.15, 0.2) is 126 Å². The van der Waals surface area contributed by atoms with E-state index in [2.05, 4.69) is 10.3 Å². The first kappa shape index (κ1) is 31.7. The Morgan fingerprint density at radius 1 is 0.872 bits per heavy atom. The Morgan fingerprint density at radius 2 is 1.47 bits per heavy atom. The highest BCUT2D eigenvalue weighted by molar-refractivity contribution is 6.03. The van der Waals surface area contributed by atoms with Crippen LogP contribution in [0.2, 0.25) is 0 Å². The fourth-order valence-corrected chi connectivity index (χ4v) is 5.83. The molecule has 1 aromatic heterocycles. The molecule has 0 saturated carbocycles. The number of aliphatic hydroxyl groups excluding tert-OH is 1. The molecular formula is C37H35N3O7. The SMILES string of the molecule is COc1cccc(C(OC[C@H]2O[C@@H](n3ccc(NC(=O)c4ccccc4)nc3=O)C[C@@H]2O)(c2ccccc2)c2cccc(OC)c2)c1. The standard InChI is InChI=1S/C37H35N3O7/c1-44-29-17-9-15-27(21-29)37(26-13-7-4-8-14-26,28-16-10-18-30(22-28)45-2)46-24-32-31(41)23-34(47-32)40-20-19-33(39-36(40)43)38-35(42)25-11-5-3-6-12-25/h3-22,31-32,34,41H,23-24H2,1-2H3,(H,38,39,42,43)/t31-,32+,34+/m0/s1. The van der Waals surface area contributed by atoms with Crippen molar-refractivity contribution in [3.05, 3.63) is 154 Å². The fourth-order valence-electron chi connectivity index (χ4n) is 5.83. The number of methoxy groups -OCH3 is 2. The Hall–Kier alpha value is -5.29. The molecule has 1 aliphatic rings. The molecule has 2 N–H and O–H groups in total. The van der Waals surface area contributed by atoms with E-state index in [1.54, 1.807) is 38.5 Å². The topological polar surface area (TPSA) is 121 Å². The monoisotopic (exact) mass is 633 g/mol. The molecular weight excluding hydrogens is 598 g/mol. The molecule has 3 atom stereocenters. The van der Waals surface area contributed by atoms with Gasteiger partial charge in [0.15, 0.2) is 0 Å². The number of hydrogen-bond acceptors (Lipinski definition) is 8. The molecule has 5 aromatic rings. The minimum absolute atomic E-state index is 0.0195. The molecule has 240 valence electrons. The molecule has 0 radical (unpaired) electrons. The highest BCUT2D eigenvalue weighted by atomic mass is 16.6. The van der Waals surface area contributed by atoms with Gasteiger partial charge in [-0.1, -0.05) is 72.8 Å². The molecule has 2 heterocycles. The molecule has 47 heavy (non-hydrogen) atoms. The summed E-state index contributed by atoms with van der Waals surface area (Å²) in [5.41, 5.74) is 1.11. The summed E-state index contributed by atoms with van der Waals surface area (Å²) in [7, 11) is 3.22. The van der Waals surface area contributed by atoms with Crippen LogP contribution in [0.3, 0.4) is 0 Å². The van der Waals surface area contributed by atoms with Gasteiger partial charge in [0.25, 0.3) is 5.91 Å². The van der Waals surface area contributed by atoms with Crippen molar-refractivity contribution in [2.45, 2.75) is 30.5 Å². The average molecular weight is 634 g/mol. The second-order valence-electron chi connectivity index (χ2n) is 11.1. The van der Waals surface area contributed by atoms with Gasteiger partial charge in [-0.15, -0.1) is 0 Å². The lowest BCUT2D eigenvalue weighted by Crippen LogP contribution is -2.38. The summed E-state index contributed by atoms with van der Waals surface area (Å²) in [5, 5.41) is 13.8. The quantitative estimate of drug-likeness (QED) is 0.191. The van der Waals surface area contributed by atoms with Gasteiger partial charge in [-0.2, -0.15) is 4.98 Å². The van der Waals surface area contributed by atoms with E-state index >= 15 is 0 Å². The Bertz CT molecular complexity index is 1830. The van der Waals surface area contributed by atoms with Crippen molar-refractivity contribution >= 4 is 11.7 Å². The summed E-state index contributed by atoms with van der Waals surface area (Å²) in [6.07, 6.45) is -0.867. The Morgan fingerprint density at radius 3 is 2.06 bits per heavy atom. The van der Waals surface area contributed by atoms with Crippen LogP contribution in [-0.4, -0.2) is 53.6 Å². The molecule has 0 unspecified atom stereocenters. The summed E-state index contributed by atoms with van der Waals surface area (Å²) in [4.78, 5) is 29.6. The van der Waals surface area contributed by atoms with E-state index in [-0.39, 0.29) is 24.8 Å². The zero-order valence-electron chi connectivity index (χ0n) is 26.0. The molecule has 0 spiro atoms. The van der Waals surface area contributed by atoms with E-state index in [4.69, 9.17) is 18.9 Å². The number of hydrogen-bond donors (Lipinski definition) is 2. The average Bonchev–Trinajstić information content (AvgIpc) is 3.49. The van der Waals surface area contributed by atoms with Gasteiger partial charge in [0.05, 0.1) is 26.9 Å². The van der Waals surface area contributed by atoms with E-state index in [1.165, 1.54) is 16.8 Å². The minimum Gasteiger partial charge on any atom is -0.497 e. The lowest BCUT2D eigenvalue weighted by atomic mass is 9.79. The van der Waals surface area contributed by atoms with E-state index in [0.29, 0.717) is 17.1 Å². The lowest BCUT2D eigenvalue weighted by molar-refractivity contribution is -0.0944. The van der Waals surface area contributed by atoms with E-state index in [1.807, 2.05) is 84.9 Å². The largest absolute Gasteiger partial charge is 0.497 e. The summed E-state index contributed by atoms with van der Waals surface area (Å²) in [5.74, 6) is 1.04. The Labute approximate surface area is 272 Å². The number of carbonyl (C=O) groups is 1. The molecule has 0 bridgehead atoms. The van der Waals surface area contributed by atoms with Crippen molar-refractivity contribution in [1.29, 1.82) is 0 Å². The third-order valence-electron chi connectivity index (χ3n) is 8.22. The summed E-state index contributed by atoms with van der Waals surface area (Å²) >= 11 is 0. The molecule has 1 amide bonds. The van der Waals surface area contributed by atoms with Gasteiger partial charge in [0.1, 0.15) is 35.2 Å². The number of nitrogens with one attached hydrogen (secondary N) is 1. The van der Waals surface area contributed by atoms with Crippen molar-refractivity contribution in [1.82, 2.24) is 9.55 Å². The van der Waals surface area contributed by atoms with Crippen LogP contribution < -0.4 is 20.5 Å². The molecule has 4 aromatic carbocycles.